The summed E-state index contributed by atoms with van der Waals surface area (Å²) in [7, 11) is 0. The first-order valence-electron chi connectivity index (χ1n) is 2.27. The standard InChI is InChI=1S/C4H6N2OS/c1-3-4(7)6-5-2-8-3/h2-3H,1H3,(H,6,7). The Bertz CT molecular complexity index is 134. The zero-order valence-electron chi connectivity index (χ0n) is 4.42. The first-order valence-corrected chi connectivity index (χ1v) is 3.22. The second kappa shape index (κ2) is 2.17. The number of amides is 1. The third-order valence-electron chi connectivity index (χ3n) is 0.862. The van der Waals surface area contributed by atoms with Gasteiger partial charge in [-0.1, -0.05) is 11.8 Å². The molecule has 0 aliphatic carbocycles. The van der Waals surface area contributed by atoms with Crippen molar-refractivity contribution in [3.63, 3.8) is 0 Å². The van der Waals surface area contributed by atoms with Crippen LogP contribution in [0.25, 0.3) is 0 Å². The highest BCUT2D eigenvalue weighted by Gasteiger charge is 2.13. The van der Waals surface area contributed by atoms with Crippen LogP contribution in [0.5, 0.6) is 0 Å². The van der Waals surface area contributed by atoms with Crippen molar-refractivity contribution < 1.29 is 4.79 Å². The first kappa shape index (κ1) is 5.62. The molecule has 1 aliphatic heterocycles. The molecule has 0 aromatic rings. The highest BCUT2D eigenvalue weighted by Crippen LogP contribution is 2.08. The van der Waals surface area contributed by atoms with Crippen LogP contribution in [0, 0.1) is 0 Å². The average molecular weight is 130 g/mol. The van der Waals surface area contributed by atoms with Crippen LogP contribution in [0.2, 0.25) is 0 Å². The van der Waals surface area contributed by atoms with Crippen LogP contribution >= 0.6 is 11.8 Å². The van der Waals surface area contributed by atoms with E-state index in [4.69, 9.17) is 0 Å². The molecule has 1 heterocycles. The molecule has 1 amide bonds. The number of nitrogens with zero attached hydrogens (tertiary/aromatic N) is 1. The van der Waals surface area contributed by atoms with Crippen molar-refractivity contribution in [2.24, 2.45) is 5.10 Å². The quantitative estimate of drug-likeness (QED) is 0.508. The van der Waals surface area contributed by atoms with Gasteiger partial charge in [0.2, 0.25) is 0 Å². The first-order chi connectivity index (χ1) is 3.80. The number of thioether (sulfide) groups is 1. The molecule has 0 aromatic heterocycles. The summed E-state index contributed by atoms with van der Waals surface area (Å²) in [5.41, 5.74) is 3.97. The predicted molar refractivity (Wildman–Crippen MR) is 33.7 cm³/mol. The zero-order chi connectivity index (χ0) is 5.98. The molecule has 0 fully saturated rings. The van der Waals surface area contributed by atoms with E-state index in [0.29, 0.717) is 0 Å². The molecular formula is C4H6N2OS. The summed E-state index contributed by atoms with van der Waals surface area (Å²) in [6.07, 6.45) is 0. The smallest absolute Gasteiger partial charge is 0.253 e. The van der Waals surface area contributed by atoms with E-state index >= 15 is 0 Å². The van der Waals surface area contributed by atoms with E-state index in [-0.39, 0.29) is 11.2 Å². The number of carbonyl (C=O) groups excluding carboxylic acids is 1. The summed E-state index contributed by atoms with van der Waals surface area (Å²) in [6.45, 7) is 1.84. The molecule has 0 saturated carbocycles. The molecule has 1 aliphatic rings. The van der Waals surface area contributed by atoms with E-state index in [1.54, 1.807) is 5.55 Å². The lowest BCUT2D eigenvalue weighted by Gasteiger charge is -2.09. The van der Waals surface area contributed by atoms with Gasteiger partial charge >= 0.3 is 0 Å². The van der Waals surface area contributed by atoms with Crippen LogP contribution in [0.3, 0.4) is 0 Å². The van der Waals surface area contributed by atoms with Gasteiger partial charge in [0.1, 0.15) is 0 Å². The van der Waals surface area contributed by atoms with Gasteiger partial charge in [-0.3, -0.25) is 4.79 Å². The molecule has 0 spiro atoms. The summed E-state index contributed by atoms with van der Waals surface area (Å²) in [6, 6.07) is 0. The van der Waals surface area contributed by atoms with Gasteiger partial charge in [-0.15, -0.1) is 0 Å². The zero-order valence-corrected chi connectivity index (χ0v) is 5.23. The summed E-state index contributed by atoms with van der Waals surface area (Å²) in [5.74, 6) is -0.0162. The monoisotopic (exact) mass is 130 g/mol. The van der Waals surface area contributed by atoms with E-state index in [1.165, 1.54) is 11.8 Å². The van der Waals surface area contributed by atoms with Crippen molar-refractivity contribution in [1.29, 1.82) is 0 Å². The number of nitrogens with one attached hydrogen (secondary N) is 1. The van der Waals surface area contributed by atoms with Crippen molar-refractivity contribution in [2.75, 3.05) is 0 Å². The Hall–Kier alpha value is -0.510. The Morgan fingerprint density at radius 3 is 3.12 bits per heavy atom. The molecule has 8 heavy (non-hydrogen) atoms. The summed E-state index contributed by atoms with van der Waals surface area (Å²) >= 11 is 1.42. The lowest BCUT2D eigenvalue weighted by molar-refractivity contribution is -0.120. The fourth-order valence-electron chi connectivity index (χ4n) is 0.364. The van der Waals surface area contributed by atoms with Crippen molar-refractivity contribution in [2.45, 2.75) is 12.2 Å². The maximum atomic E-state index is 10.5. The number of carbonyl (C=O) groups is 1. The van der Waals surface area contributed by atoms with E-state index in [2.05, 4.69) is 10.5 Å². The van der Waals surface area contributed by atoms with Gasteiger partial charge in [0.05, 0.1) is 10.8 Å². The average Bonchev–Trinajstić information content (AvgIpc) is 1.77. The van der Waals surface area contributed by atoms with Gasteiger partial charge in [-0.05, 0) is 6.92 Å². The van der Waals surface area contributed by atoms with Gasteiger partial charge < -0.3 is 0 Å². The van der Waals surface area contributed by atoms with Gasteiger partial charge in [0.15, 0.2) is 0 Å². The van der Waals surface area contributed by atoms with Crippen LogP contribution in [0.15, 0.2) is 5.10 Å². The molecule has 0 radical (unpaired) electrons. The van der Waals surface area contributed by atoms with E-state index in [0.717, 1.165) is 0 Å². The van der Waals surface area contributed by atoms with E-state index < -0.39 is 0 Å². The number of hydrogen-bond donors (Lipinski definition) is 1. The van der Waals surface area contributed by atoms with Gasteiger partial charge in [0.25, 0.3) is 5.91 Å². The second-order valence-electron chi connectivity index (χ2n) is 1.49. The maximum absolute atomic E-state index is 10.5. The van der Waals surface area contributed by atoms with Crippen molar-refractivity contribution in [3.8, 4) is 0 Å². The fourth-order valence-corrected chi connectivity index (χ4v) is 0.837. The SMILES string of the molecule is CC1SC=NNC1=O. The van der Waals surface area contributed by atoms with E-state index in [1.807, 2.05) is 6.92 Å². The molecule has 1 rings (SSSR count). The highest BCUT2D eigenvalue weighted by atomic mass is 32.2. The number of rotatable bonds is 0. The summed E-state index contributed by atoms with van der Waals surface area (Å²) in [4.78, 5) is 10.5. The molecule has 3 nitrogen and oxygen atoms in total. The third kappa shape index (κ3) is 1.01. The number of hydrazone groups is 1. The Balaban J connectivity index is 2.57. The van der Waals surface area contributed by atoms with Crippen LogP contribution in [-0.4, -0.2) is 16.7 Å². The fraction of sp³-hybridized carbons (Fsp3) is 0.500. The van der Waals surface area contributed by atoms with Crippen LogP contribution in [0.1, 0.15) is 6.92 Å². The molecule has 1 unspecified atom stereocenters. The van der Waals surface area contributed by atoms with Crippen molar-refractivity contribution in [3.05, 3.63) is 0 Å². The minimum Gasteiger partial charge on any atom is -0.272 e. The van der Waals surface area contributed by atoms with Gasteiger partial charge in [-0.25, -0.2) is 5.43 Å². The molecule has 0 bridgehead atoms. The van der Waals surface area contributed by atoms with Gasteiger partial charge in [0, 0.05) is 0 Å². The lowest BCUT2D eigenvalue weighted by Crippen LogP contribution is -2.29. The Morgan fingerprint density at radius 2 is 2.75 bits per heavy atom. The minimum atomic E-state index is -0.0162. The lowest BCUT2D eigenvalue weighted by atomic mass is 10.5. The largest absolute Gasteiger partial charge is 0.272 e. The Morgan fingerprint density at radius 1 is 2.00 bits per heavy atom. The molecule has 0 saturated heterocycles. The van der Waals surface area contributed by atoms with Crippen LogP contribution < -0.4 is 5.43 Å². The maximum Gasteiger partial charge on any atom is 0.253 e. The molecule has 44 valence electrons. The van der Waals surface area contributed by atoms with Crippen molar-refractivity contribution >= 4 is 23.2 Å². The highest BCUT2D eigenvalue weighted by molar-refractivity contribution is 8.13. The molecule has 4 heteroatoms. The Kier molecular flexibility index (Phi) is 1.53. The molecule has 0 aromatic carbocycles. The molecule has 1 atom stereocenters. The second-order valence-corrected chi connectivity index (χ2v) is 2.68. The number of hydrogen-bond acceptors (Lipinski definition) is 3. The normalized spacial score (nSPS) is 27.6. The minimum absolute atomic E-state index is 0.0162. The molecular weight excluding hydrogens is 124 g/mol. The van der Waals surface area contributed by atoms with Gasteiger partial charge in [-0.2, -0.15) is 5.10 Å². The predicted octanol–water partition coefficient (Wildman–Crippen LogP) is 0.181. The summed E-state index contributed by atoms with van der Waals surface area (Å²) in [5, 5.41) is 3.57. The molecule has 1 N–H and O–H groups in total. The summed E-state index contributed by atoms with van der Waals surface area (Å²) < 4.78 is 0. The van der Waals surface area contributed by atoms with E-state index in [9.17, 15) is 4.79 Å². The third-order valence-corrected chi connectivity index (χ3v) is 1.71. The van der Waals surface area contributed by atoms with Crippen LogP contribution in [0.4, 0.5) is 0 Å². The van der Waals surface area contributed by atoms with Crippen LogP contribution in [-0.2, 0) is 4.79 Å². The Labute approximate surface area is 51.5 Å². The topological polar surface area (TPSA) is 41.5 Å². The van der Waals surface area contributed by atoms with Crippen molar-refractivity contribution in [1.82, 2.24) is 5.43 Å².